The van der Waals surface area contributed by atoms with Gasteiger partial charge in [0.25, 0.3) is 5.91 Å². The predicted octanol–water partition coefficient (Wildman–Crippen LogP) is 3.76. The smallest absolute Gasteiger partial charge is 0.257 e. The van der Waals surface area contributed by atoms with E-state index in [2.05, 4.69) is 5.32 Å². The van der Waals surface area contributed by atoms with Crippen LogP contribution in [0, 0.1) is 0 Å². The second-order valence-electron chi connectivity index (χ2n) is 5.80. The summed E-state index contributed by atoms with van der Waals surface area (Å²) in [5.74, 6) is 0.184. The number of benzene rings is 1. The molecule has 0 aliphatic heterocycles. The van der Waals surface area contributed by atoms with E-state index < -0.39 is 5.91 Å². The van der Waals surface area contributed by atoms with Crippen LogP contribution in [-0.4, -0.2) is 10.5 Å². The fourth-order valence-electron chi connectivity index (χ4n) is 2.59. The Labute approximate surface area is 143 Å². The van der Waals surface area contributed by atoms with E-state index in [4.69, 9.17) is 16.0 Å². The number of nitrogens with zero attached hydrogens (tertiary/aromatic N) is 1. The molecule has 0 radical (unpaired) electrons. The fourth-order valence-corrected chi connectivity index (χ4v) is 2.76. The van der Waals surface area contributed by atoms with Gasteiger partial charge in [0.1, 0.15) is 11.3 Å². The molecule has 0 fully saturated rings. The maximum absolute atomic E-state index is 12.7. The molecule has 0 saturated heterocycles. The lowest BCUT2D eigenvalue weighted by atomic mass is 10.1. The SMILES string of the molecule is CC(C)n1cc(C(=O)NCc2ccco2)c(=O)c2cc(Cl)ccc21. The Hall–Kier alpha value is -2.53. The first-order valence-electron chi connectivity index (χ1n) is 7.62. The number of fused-ring (bicyclic) bond motifs is 1. The van der Waals surface area contributed by atoms with Gasteiger partial charge in [0.15, 0.2) is 0 Å². The van der Waals surface area contributed by atoms with Crippen LogP contribution in [0.15, 0.2) is 52.0 Å². The average Bonchev–Trinajstić information content (AvgIpc) is 3.06. The molecule has 0 atom stereocenters. The lowest BCUT2D eigenvalue weighted by molar-refractivity contribution is 0.0946. The Kier molecular flexibility index (Phi) is 4.44. The van der Waals surface area contributed by atoms with Crippen molar-refractivity contribution in [1.82, 2.24) is 9.88 Å². The highest BCUT2D eigenvalue weighted by Crippen LogP contribution is 2.20. The molecule has 1 N–H and O–H groups in total. The molecule has 5 nitrogen and oxygen atoms in total. The standard InChI is InChI=1S/C18H17ClN2O3/c1-11(2)21-10-15(18(23)20-9-13-4-3-7-24-13)17(22)14-8-12(19)5-6-16(14)21/h3-8,10-11H,9H2,1-2H3,(H,20,23). The zero-order valence-electron chi connectivity index (χ0n) is 13.4. The van der Waals surface area contributed by atoms with Gasteiger partial charge in [-0.1, -0.05) is 11.6 Å². The largest absolute Gasteiger partial charge is 0.467 e. The van der Waals surface area contributed by atoms with Gasteiger partial charge in [-0.3, -0.25) is 9.59 Å². The molecule has 0 bridgehead atoms. The minimum absolute atomic E-state index is 0.0880. The molecule has 2 heterocycles. The maximum atomic E-state index is 12.7. The molecule has 24 heavy (non-hydrogen) atoms. The quantitative estimate of drug-likeness (QED) is 0.783. The number of aromatic nitrogens is 1. The highest BCUT2D eigenvalue weighted by molar-refractivity contribution is 6.31. The van der Waals surface area contributed by atoms with E-state index in [1.807, 2.05) is 18.4 Å². The Morgan fingerprint density at radius 3 is 2.79 bits per heavy atom. The lowest BCUT2D eigenvalue weighted by Gasteiger charge is -2.16. The molecular weight excluding hydrogens is 328 g/mol. The zero-order chi connectivity index (χ0) is 17.3. The number of nitrogens with one attached hydrogen (secondary N) is 1. The van der Waals surface area contributed by atoms with Crippen molar-refractivity contribution < 1.29 is 9.21 Å². The third kappa shape index (κ3) is 3.08. The van der Waals surface area contributed by atoms with E-state index in [-0.39, 0.29) is 23.6 Å². The zero-order valence-corrected chi connectivity index (χ0v) is 14.1. The molecule has 6 heteroatoms. The highest BCUT2D eigenvalue weighted by atomic mass is 35.5. The number of hydrogen-bond acceptors (Lipinski definition) is 3. The Morgan fingerprint density at radius 1 is 1.33 bits per heavy atom. The molecular formula is C18H17ClN2O3. The predicted molar refractivity (Wildman–Crippen MR) is 93.5 cm³/mol. The highest BCUT2D eigenvalue weighted by Gasteiger charge is 2.17. The van der Waals surface area contributed by atoms with E-state index in [1.165, 1.54) is 6.26 Å². The number of pyridine rings is 1. The second-order valence-corrected chi connectivity index (χ2v) is 6.23. The van der Waals surface area contributed by atoms with Crippen molar-refractivity contribution in [3.8, 4) is 0 Å². The first-order chi connectivity index (χ1) is 11.5. The van der Waals surface area contributed by atoms with E-state index in [0.717, 1.165) is 5.52 Å². The number of furan rings is 1. The van der Waals surface area contributed by atoms with Gasteiger partial charge in [0, 0.05) is 22.6 Å². The van der Waals surface area contributed by atoms with E-state index in [0.29, 0.717) is 16.2 Å². The van der Waals surface area contributed by atoms with E-state index in [9.17, 15) is 9.59 Å². The number of hydrogen-bond donors (Lipinski definition) is 1. The van der Waals surface area contributed by atoms with Crippen LogP contribution in [-0.2, 0) is 6.54 Å². The van der Waals surface area contributed by atoms with Crippen LogP contribution in [0.1, 0.15) is 36.0 Å². The van der Waals surface area contributed by atoms with Gasteiger partial charge in [0.05, 0.1) is 18.3 Å². The molecule has 3 rings (SSSR count). The summed E-state index contributed by atoms with van der Waals surface area (Å²) in [6, 6.07) is 8.72. The van der Waals surface area contributed by atoms with Gasteiger partial charge >= 0.3 is 0 Å². The molecule has 2 aromatic heterocycles. The third-order valence-electron chi connectivity index (χ3n) is 3.80. The van der Waals surface area contributed by atoms with Gasteiger partial charge in [-0.2, -0.15) is 0 Å². The summed E-state index contributed by atoms with van der Waals surface area (Å²) >= 11 is 6.02. The number of rotatable bonds is 4. The topological polar surface area (TPSA) is 64.2 Å². The van der Waals surface area contributed by atoms with E-state index >= 15 is 0 Å². The number of halogens is 1. The van der Waals surface area contributed by atoms with Crippen molar-refractivity contribution in [3.63, 3.8) is 0 Å². The van der Waals surface area contributed by atoms with Crippen molar-refractivity contribution in [2.75, 3.05) is 0 Å². The lowest BCUT2D eigenvalue weighted by Crippen LogP contribution is -2.29. The van der Waals surface area contributed by atoms with E-state index in [1.54, 1.807) is 36.5 Å². The van der Waals surface area contributed by atoms with Gasteiger partial charge < -0.3 is 14.3 Å². The third-order valence-corrected chi connectivity index (χ3v) is 4.03. The van der Waals surface area contributed by atoms with Gasteiger partial charge in [-0.25, -0.2) is 0 Å². The average molecular weight is 345 g/mol. The molecule has 124 valence electrons. The molecule has 1 amide bonds. The Morgan fingerprint density at radius 2 is 2.12 bits per heavy atom. The summed E-state index contributed by atoms with van der Waals surface area (Å²) in [5.41, 5.74) is 0.508. The molecule has 0 aliphatic rings. The van der Waals surface area contributed by atoms with Crippen LogP contribution in [0.2, 0.25) is 5.02 Å². The number of carbonyl (C=O) groups excluding carboxylic acids is 1. The first kappa shape index (κ1) is 16.3. The van der Waals surface area contributed by atoms with Crippen molar-refractivity contribution in [3.05, 3.63) is 69.4 Å². The molecule has 0 spiro atoms. The van der Waals surface area contributed by atoms with Crippen LogP contribution in [0.5, 0.6) is 0 Å². The maximum Gasteiger partial charge on any atom is 0.257 e. The van der Waals surface area contributed by atoms with Crippen LogP contribution in [0.3, 0.4) is 0 Å². The van der Waals surface area contributed by atoms with Crippen molar-refractivity contribution in [2.24, 2.45) is 0 Å². The summed E-state index contributed by atoms with van der Waals surface area (Å²) in [5, 5.41) is 3.60. The van der Waals surface area contributed by atoms with Gasteiger partial charge in [-0.05, 0) is 44.2 Å². The molecule has 3 aromatic rings. The Bertz CT molecular complexity index is 943. The van der Waals surface area contributed by atoms with Crippen LogP contribution >= 0.6 is 11.6 Å². The first-order valence-corrected chi connectivity index (χ1v) is 8.00. The minimum Gasteiger partial charge on any atom is -0.467 e. The fraction of sp³-hybridized carbons (Fsp3) is 0.222. The van der Waals surface area contributed by atoms with Crippen molar-refractivity contribution >= 4 is 28.4 Å². The normalized spacial score (nSPS) is 11.2. The van der Waals surface area contributed by atoms with Gasteiger partial charge in [-0.15, -0.1) is 0 Å². The molecule has 0 aliphatic carbocycles. The van der Waals surface area contributed by atoms with Crippen LogP contribution in [0.25, 0.3) is 10.9 Å². The molecule has 1 aromatic carbocycles. The monoisotopic (exact) mass is 344 g/mol. The molecule has 0 saturated carbocycles. The summed E-state index contributed by atoms with van der Waals surface area (Å²) in [6.07, 6.45) is 3.13. The van der Waals surface area contributed by atoms with Crippen molar-refractivity contribution in [1.29, 1.82) is 0 Å². The summed E-state index contributed by atoms with van der Waals surface area (Å²) < 4.78 is 7.08. The number of carbonyl (C=O) groups is 1. The van der Waals surface area contributed by atoms with Crippen LogP contribution in [0.4, 0.5) is 0 Å². The van der Waals surface area contributed by atoms with Gasteiger partial charge in [0.2, 0.25) is 5.43 Å². The minimum atomic E-state index is -0.437. The second kappa shape index (κ2) is 6.53. The van der Waals surface area contributed by atoms with Crippen LogP contribution < -0.4 is 10.7 Å². The summed E-state index contributed by atoms with van der Waals surface area (Å²) in [6.45, 7) is 4.20. The number of amides is 1. The molecule has 0 unspecified atom stereocenters. The van der Waals surface area contributed by atoms with Crippen molar-refractivity contribution in [2.45, 2.75) is 26.4 Å². The summed E-state index contributed by atoms with van der Waals surface area (Å²) in [7, 11) is 0. The summed E-state index contributed by atoms with van der Waals surface area (Å²) in [4.78, 5) is 25.2. The Balaban J connectivity index is 2.05.